The highest BCUT2D eigenvalue weighted by Gasteiger charge is 2.29. The van der Waals surface area contributed by atoms with E-state index in [1.54, 1.807) is 42.5 Å². The minimum Gasteiger partial charge on any atom is -0.301 e. The second kappa shape index (κ2) is 8.15. The second-order valence-corrected chi connectivity index (χ2v) is 7.21. The molecule has 0 radical (unpaired) electrons. The zero-order chi connectivity index (χ0) is 20.4. The van der Waals surface area contributed by atoms with Crippen LogP contribution in [-0.4, -0.2) is 35.5 Å². The Morgan fingerprint density at radius 2 is 1.69 bits per heavy atom. The molecule has 0 atom stereocenters. The first kappa shape index (κ1) is 19.3. The van der Waals surface area contributed by atoms with Crippen molar-refractivity contribution in [3.8, 4) is 0 Å². The number of rotatable bonds is 4. The van der Waals surface area contributed by atoms with Crippen LogP contribution in [0.25, 0.3) is 0 Å². The Bertz CT molecular complexity index is 1130. The number of carbonyl (C=O) groups excluding carboxylic acids is 2. The fourth-order valence-electron chi connectivity index (χ4n) is 3.16. The number of fused-ring (bicyclic) bond motifs is 1. The molecule has 4 rings (SSSR count). The van der Waals surface area contributed by atoms with Crippen LogP contribution in [0.2, 0.25) is 10.2 Å². The number of hydrogen-bond donors (Lipinski definition) is 0. The lowest BCUT2D eigenvalue weighted by Gasteiger charge is -2.22. The van der Waals surface area contributed by atoms with Gasteiger partial charge < -0.3 is 4.90 Å². The molecule has 3 aromatic rings. The first-order valence-corrected chi connectivity index (χ1v) is 9.65. The molecule has 144 valence electrons. The zero-order valence-corrected chi connectivity index (χ0v) is 16.7. The van der Waals surface area contributed by atoms with Crippen molar-refractivity contribution in [2.75, 3.05) is 18.0 Å². The molecule has 0 saturated heterocycles. The quantitative estimate of drug-likeness (QED) is 0.459. The van der Waals surface area contributed by atoms with Gasteiger partial charge in [0.25, 0.3) is 0 Å². The first-order valence-electron chi connectivity index (χ1n) is 8.89. The Morgan fingerprint density at radius 3 is 2.45 bits per heavy atom. The van der Waals surface area contributed by atoms with E-state index in [0.717, 1.165) is 0 Å². The van der Waals surface area contributed by atoms with Gasteiger partial charge in [0.2, 0.25) is 5.91 Å². The van der Waals surface area contributed by atoms with Gasteiger partial charge in [-0.1, -0.05) is 71.7 Å². The summed E-state index contributed by atoms with van der Waals surface area (Å²) in [5.74, 6) is -0.484. The fraction of sp³-hybridized carbons (Fsp3) is 0.0909. The van der Waals surface area contributed by atoms with E-state index in [2.05, 4.69) is 9.98 Å². The van der Waals surface area contributed by atoms with Gasteiger partial charge in [-0.2, -0.15) is 0 Å². The molecule has 1 aromatic heterocycles. The number of aliphatic imine (C=N–C) groups is 1. The number of ketones is 1. The van der Waals surface area contributed by atoms with Crippen molar-refractivity contribution in [1.29, 1.82) is 0 Å². The molecule has 1 amide bonds. The van der Waals surface area contributed by atoms with E-state index in [4.69, 9.17) is 23.2 Å². The molecule has 0 spiro atoms. The molecule has 0 fully saturated rings. The number of pyridine rings is 1. The van der Waals surface area contributed by atoms with E-state index < -0.39 is 0 Å². The maximum Gasteiger partial charge on any atom is 0.249 e. The van der Waals surface area contributed by atoms with Gasteiger partial charge >= 0.3 is 0 Å². The van der Waals surface area contributed by atoms with Crippen LogP contribution in [0.15, 0.2) is 71.7 Å². The Labute approximate surface area is 177 Å². The van der Waals surface area contributed by atoms with Crippen molar-refractivity contribution in [3.63, 3.8) is 0 Å². The van der Waals surface area contributed by atoms with Crippen molar-refractivity contribution < 1.29 is 9.59 Å². The number of amides is 1. The van der Waals surface area contributed by atoms with E-state index in [9.17, 15) is 9.59 Å². The number of benzene rings is 2. The first-order chi connectivity index (χ1) is 14.0. The van der Waals surface area contributed by atoms with Crippen molar-refractivity contribution in [1.82, 2.24) is 4.98 Å². The molecule has 1 aliphatic rings. The Hall–Kier alpha value is -3.02. The molecule has 0 N–H and O–H groups in total. The van der Waals surface area contributed by atoms with Crippen molar-refractivity contribution in [3.05, 3.63) is 93.7 Å². The number of carbonyl (C=O) groups is 2. The lowest BCUT2D eigenvalue weighted by atomic mass is 10.0. The standard InChI is InChI=1S/C22H15Cl2N3O2/c23-16-9-5-4-8-15(16)21-22-17(10-11-19(24)26-22)27(20(29)12-25-21)13-18(28)14-6-2-1-3-7-14/h1-11H,12-13H2. The van der Waals surface area contributed by atoms with Crippen LogP contribution < -0.4 is 4.90 Å². The molecule has 29 heavy (non-hydrogen) atoms. The van der Waals surface area contributed by atoms with E-state index in [-0.39, 0.29) is 29.9 Å². The molecule has 5 nitrogen and oxygen atoms in total. The van der Waals surface area contributed by atoms with Gasteiger partial charge in [0.1, 0.15) is 17.4 Å². The van der Waals surface area contributed by atoms with Crippen molar-refractivity contribution in [2.24, 2.45) is 4.99 Å². The molecule has 0 unspecified atom stereocenters. The van der Waals surface area contributed by atoms with Gasteiger partial charge in [0.15, 0.2) is 5.78 Å². The third kappa shape index (κ3) is 3.92. The van der Waals surface area contributed by atoms with Gasteiger partial charge in [0.05, 0.1) is 23.0 Å². The summed E-state index contributed by atoms with van der Waals surface area (Å²) in [6.07, 6.45) is 0. The molecular weight excluding hydrogens is 409 g/mol. The number of aromatic nitrogens is 1. The van der Waals surface area contributed by atoms with Crippen LogP contribution in [0.5, 0.6) is 0 Å². The number of anilines is 1. The number of Topliss-reactive ketones (excluding diaryl/α,β-unsaturated/α-hetero) is 1. The van der Waals surface area contributed by atoms with Gasteiger partial charge in [-0.25, -0.2) is 4.98 Å². The average molecular weight is 424 g/mol. The molecule has 0 saturated carbocycles. The molecule has 0 bridgehead atoms. The molecule has 1 aliphatic heterocycles. The molecule has 0 aliphatic carbocycles. The third-order valence-corrected chi connectivity index (χ3v) is 5.10. The topological polar surface area (TPSA) is 62.6 Å². The maximum atomic E-state index is 12.9. The highest BCUT2D eigenvalue weighted by molar-refractivity contribution is 6.36. The van der Waals surface area contributed by atoms with Crippen LogP contribution in [0, 0.1) is 0 Å². The molecule has 2 heterocycles. The van der Waals surface area contributed by atoms with Gasteiger partial charge in [-0.3, -0.25) is 14.6 Å². The van der Waals surface area contributed by atoms with Crippen LogP contribution in [0.1, 0.15) is 21.6 Å². The minimum absolute atomic E-state index is 0.121. The van der Waals surface area contributed by atoms with Crippen LogP contribution in [0.4, 0.5) is 5.69 Å². The monoisotopic (exact) mass is 423 g/mol. The number of halogens is 2. The second-order valence-electron chi connectivity index (χ2n) is 6.42. The van der Waals surface area contributed by atoms with Crippen molar-refractivity contribution in [2.45, 2.75) is 0 Å². The lowest BCUT2D eigenvalue weighted by molar-refractivity contribution is -0.117. The van der Waals surface area contributed by atoms with Crippen LogP contribution in [0.3, 0.4) is 0 Å². The summed E-state index contributed by atoms with van der Waals surface area (Å²) >= 11 is 12.5. The number of hydrogen-bond acceptors (Lipinski definition) is 4. The normalized spacial score (nSPS) is 13.5. The summed E-state index contributed by atoms with van der Waals surface area (Å²) in [5, 5.41) is 0.743. The molecular formula is C22H15Cl2N3O2. The summed E-state index contributed by atoms with van der Waals surface area (Å²) in [5.41, 5.74) is 2.53. The molecule has 7 heteroatoms. The summed E-state index contributed by atoms with van der Waals surface area (Å²) in [6, 6.07) is 19.3. The van der Waals surface area contributed by atoms with Crippen LogP contribution >= 0.6 is 23.2 Å². The van der Waals surface area contributed by atoms with E-state index in [1.165, 1.54) is 4.90 Å². The summed E-state index contributed by atoms with van der Waals surface area (Å²) in [7, 11) is 0. The van der Waals surface area contributed by atoms with Crippen molar-refractivity contribution >= 4 is 46.3 Å². The zero-order valence-electron chi connectivity index (χ0n) is 15.2. The summed E-state index contributed by atoms with van der Waals surface area (Å²) < 4.78 is 0. The SMILES string of the molecule is O=C(CN1C(=O)CN=C(c2ccccc2Cl)c2nc(Cl)ccc21)c1ccccc1. The largest absolute Gasteiger partial charge is 0.301 e. The van der Waals surface area contributed by atoms with E-state index >= 15 is 0 Å². The molecule has 2 aromatic carbocycles. The highest BCUT2D eigenvalue weighted by atomic mass is 35.5. The van der Waals surface area contributed by atoms with E-state index in [0.29, 0.717) is 33.2 Å². The van der Waals surface area contributed by atoms with Gasteiger partial charge in [0, 0.05) is 11.1 Å². The van der Waals surface area contributed by atoms with Gasteiger partial charge in [-0.15, -0.1) is 0 Å². The van der Waals surface area contributed by atoms with Crippen LogP contribution in [-0.2, 0) is 4.79 Å². The predicted molar refractivity (Wildman–Crippen MR) is 114 cm³/mol. The van der Waals surface area contributed by atoms with Gasteiger partial charge in [-0.05, 0) is 18.2 Å². The summed E-state index contributed by atoms with van der Waals surface area (Å²) in [6.45, 7) is -0.249. The summed E-state index contributed by atoms with van der Waals surface area (Å²) in [4.78, 5) is 35.9. The fourth-order valence-corrected chi connectivity index (χ4v) is 3.53. The maximum absolute atomic E-state index is 12.9. The Morgan fingerprint density at radius 1 is 0.966 bits per heavy atom. The average Bonchev–Trinajstić information content (AvgIpc) is 2.86. The highest BCUT2D eigenvalue weighted by Crippen LogP contribution is 2.29. The predicted octanol–water partition coefficient (Wildman–Crippen LogP) is 4.46. The smallest absolute Gasteiger partial charge is 0.249 e. The Kier molecular flexibility index (Phi) is 5.43. The number of nitrogens with zero attached hydrogens (tertiary/aromatic N) is 3. The van der Waals surface area contributed by atoms with E-state index in [1.807, 2.05) is 24.3 Å². The minimum atomic E-state index is -0.304. The Balaban J connectivity index is 1.79. The third-order valence-electron chi connectivity index (χ3n) is 4.56. The lowest BCUT2D eigenvalue weighted by Crippen LogP contribution is -2.37.